The fourth-order valence-corrected chi connectivity index (χ4v) is 6.09. The normalized spacial score (nSPS) is 28.1. The Balaban J connectivity index is 1.56. The average Bonchev–Trinajstić information content (AvgIpc) is 3.14. The first-order chi connectivity index (χ1) is 16.8. The topological polar surface area (TPSA) is 124 Å². The lowest BCUT2D eigenvalue weighted by Crippen LogP contribution is -2.59. The molecule has 2 aliphatic heterocycles. The first kappa shape index (κ1) is 27.1. The maximum Gasteiger partial charge on any atom is 0.297 e. The van der Waals surface area contributed by atoms with Gasteiger partial charge in [-0.3, -0.25) is 8.37 Å². The van der Waals surface area contributed by atoms with Gasteiger partial charge in [-0.2, -0.15) is 16.8 Å². The van der Waals surface area contributed by atoms with Gasteiger partial charge < -0.3 is 18.9 Å². The number of rotatable bonds is 8. The molecular weight excluding hydrogens is 512 g/mol. The third-order valence-electron chi connectivity index (χ3n) is 5.91. The van der Waals surface area contributed by atoms with E-state index in [-0.39, 0.29) is 9.79 Å². The molecule has 0 unspecified atom stereocenters. The number of hydrogen-bond donors (Lipinski definition) is 0. The molecule has 10 nitrogen and oxygen atoms in total. The smallest absolute Gasteiger partial charge is 0.297 e. The molecule has 2 aromatic carbocycles. The van der Waals surface area contributed by atoms with Gasteiger partial charge in [0, 0.05) is 7.11 Å². The van der Waals surface area contributed by atoms with Crippen molar-refractivity contribution in [2.45, 2.75) is 74.0 Å². The predicted octanol–water partition coefficient (Wildman–Crippen LogP) is 2.67. The van der Waals surface area contributed by atoms with Crippen LogP contribution >= 0.6 is 0 Å². The Labute approximate surface area is 211 Å². The van der Waals surface area contributed by atoms with E-state index in [4.69, 9.17) is 27.3 Å². The molecule has 4 rings (SSSR count). The first-order valence-electron chi connectivity index (χ1n) is 11.3. The van der Waals surface area contributed by atoms with Crippen molar-refractivity contribution in [3.63, 3.8) is 0 Å². The van der Waals surface area contributed by atoms with Crippen LogP contribution < -0.4 is 0 Å². The summed E-state index contributed by atoms with van der Waals surface area (Å²) in [5.74, 6) is -1.12. The van der Waals surface area contributed by atoms with Crippen LogP contribution in [0.15, 0.2) is 58.3 Å². The molecule has 2 fully saturated rings. The summed E-state index contributed by atoms with van der Waals surface area (Å²) in [6, 6.07) is 12.4. The van der Waals surface area contributed by atoms with Crippen molar-refractivity contribution in [2.24, 2.45) is 0 Å². The summed E-state index contributed by atoms with van der Waals surface area (Å²) in [5, 5.41) is 0. The largest absolute Gasteiger partial charge is 0.353 e. The molecule has 2 heterocycles. The Kier molecular flexibility index (Phi) is 7.62. The monoisotopic (exact) mass is 542 g/mol. The second-order valence-electron chi connectivity index (χ2n) is 9.22. The molecule has 198 valence electrons. The van der Waals surface area contributed by atoms with Crippen LogP contribution in [-0.2, 0) is 47.5 Å². The number of fused-ring (bicyclic) bond motifs is 1. The molecule has 36 heavy (non-hydrogen) atoms. The maximum absolute atomic E-state index is 13.0. The lowest BCUT2D eigenvalue weighted by Gasteiger charge is -2.40. The van der Waals surface area contributed by atoms with Crippen molar-refractivity contribution in [3.8, 4) is 0 Å². The molecule has 0 saturated carbocycles. The van der Waals surface area contributed by atoms with Crippen LogP contribution in [0.3, 0.4) is 0 Å². The highest BCUT2D eigenvalue weighted by Gasteiger charge is 2.57. The molecule has 5 atom stereocenters. The Bertz CT molecular complexity index is 1270. The molecule has 0 bridgehead atoms. The van der Waals surface area contributed by atoms with Gasteiger partial charge in [-0.1, -0.05) is 35.4 Å². The van der Waals surface area contributed by atoms with Gasteiger partial charge in [0.2, 0.25) is 0 Å². The van der Waals surface area contributed by atoms with Crippen LogP contribution in [0.25, 0.3) is 0 Å². The van der Waals surface area contributed by atoms with Gasteiger partial charge in [0.05, 0.1) is 16.4 Å². The second-order valence-corrected chi connectivity index (χ2v) is 12.4. The van der Waals surface area contributed by atoms with Crippen molar-refractivity contribution >= 4 is 20.2 Å². The van der Waals surface area contributed by atoms with E-state index in [0.29, 0.717) is 0 Å². The standard InChI is InChI=1S/C24H30O10S2/c1-15-6-10-17(11-7-15)35(25,26)30-14-19-20-21(33-24(3,4)32-20)22(23(29-5)31-19)34-36(27,28)18-12-8-16(2)9-13-18/h6-13,19-23H,14H2,1-5H3/t19-,20-,21+,22+,23-/m1/s1. The van der Waals surface area contributed by atoms with Crippen LogP contribution in [0, 0.1) is 13.8 Å². The second kappa shape index (κ2) is 10.1. The number of benzene rings is 2. The molecule has 0 spiro atoms. The molecular formula is C24H30O10S2. The summed E-state index contributed by atoms with van der Waals surface area (Å²) in [7, 11) is -6.97. The molecule has 12 heteroatoms. The third kappa shape index (κ3) is 5.81. The minimum absolute atomic E-state index is 0.00178. The highest BCUT2D eigenvalue weighted by atomic mass is 32.2. The van der Waals surface area contributed by atoms with Crippen molar-refractivity contribution in [1.82, 2.24) is 0 Å². The summed E-state index contributed by atoms with van der Waals surface area (Å²) in [6.07, 6.45) is -5.23. The van der Waals surface area contributed by atoms with Gasteiger partial charge in [-0.25, -0.2) is 0 Å². The van der Waals surface area contributed by atoms with Crippen molar-refractivity contribution < 1.29 is 44.1 Å². The zero-order valence-electron chi connectivity index (χ0n) is 20.6. The minimum atomic E-state index is -4.21. The molecule has 2 aromatic rings. The summed E-state index contributed by atoms with van der Waals surface area (Å²) in [6.45, 7) is 6.58. The first-order valence-corrected chi connectivity index (χ1v) is 14.1. The van der Waals surface area contributed by atoms with Gasteiger partial charge in [0.25, 0.3) is 20.2 Å². The van der Waals surface area contributed by atoms with Gasteiger partial charge in [0.1, 0.15) is 18.3 Å². The van der Waals surface area contributed by atoms with Crippen molar-refractivity contribution in [3.05, 3.63) is 59.7 Å². The van der Waals surface area contributed by atoms with Crippen molar-refractivity contribution in [2.75, 3.05) is 13.7 Å². The Hall–Kier alpha value is -1.90. The van der Waals surface area contributed by atoms with E-state index in [0.717, 1.165) is 11.1 Å². The molecule has 2 saturated heterocycles. The van der Waals surface area contributed by atoms with Gasteiger partial charge in [-0.05, 0) is 52.0 Å². The van der Waals surface area contributed by atoms with Crippen LogP contribution in [0.1, 0.15) is 25.0 Å². The zero-order chi connectivity index (χ0) is 26.3. The number of ether oxygens (including phenoxy) is 4. The van der Waals surface area contributed by atoms with E-state index < -0.39 is 63.3 Å². The summed E-state index contributed by atoms with van der Waals surface area (Å²) in [4.78, 5) is -0.0367. The van der Waals surface area contributed by atoms with Crippen LogP contribution in [-0.4, -0.2) is 67.0 Å². The van der Waals surface area contributed by atoms with E-state index in [1.807, 2.05) is 13.8 Å². The highest BCUT2D eigenvalue weighted by molar-refractivity contribution is 7.87. The maximum atomic E-state index is 13.0. The fraction of sp³-hybridized carbons (Fsp3) is 0.500. The molecule has 2 aliphatic rings. The molecule has 0 aromatic heterocycles. The van der Waals surface area contributed by atoms with E-state index in [2.05, 4.69) is 0 Å². The molecule has 0 N–H and O–H groups in total. The zero-order valence-corrected chi connectivity index (χ0v) is 22.2. The molecule has 0 amide bonds. The van der Waals surface area contributed by atoms with E-state index in [9.17, 15) is 16.8 Å². The molecule has 0 aliphatic carbocycles. The number of hydrogen-bond acceptors (Lipinski definition) is 10. The molecule has 0 radical (unpaired) electrons. The Morgan fingerprint density at radius 3 is 1.83 bits per heavy atom. The van der Waals surface area contributed by atoms with Gasteiger partial charge >= 0.3 is 0 Å². The lowest BCUT2D eigenvalue weighted by atomic mass is 9.99. The fourth-order valence-electron chi connectivity index (χ4n) is 4.10. The average molecular weight is 543 g/mol. The van der Waals surface area contributed by atoms with Crippen molar-refractivity contribution in [1.29, 1.82) is 0 Å². The summed E-state index contributed by atoms with van der Waals surface area (Å²) < 4.78 is 85.5. The van der Waals surface area contributed by atoms with Crippen LogP contribution in [0.5, 0.6) is 0 Å². The van der Waals surface area contributed by atoms with Crippen LogP contribution in [0.4, 0.5) is 0 Å². The number of methoxy groups -OCH3 is 1. The SMILES string of the molecule is CO[C@@H]1O[C@H](COS(=O)(=O)c2ccc(C)cc2)[C@H]2OC(C)(C)O[C@@H]2[C@@H]1OS(=O)(=O)c1ccc(C)cc1. The van der Waals surface area contributed by atoms with Gasteiger partial charge in [0.15, 0.2) is 18.2 Å². The Morgan fingerprint density at radius 1 is 0.806 bits per heavy atom. The van der Waals surface area contributed by atoms with Gasteiger partial charge in [-0.15, -0.1) is 0 Å². The Morgan fingerprint density at radius 2 is 1.31 bits per heavy atom. The van der Waals surface area contributed by atoms with E-state index >= 15 is 0 Å². The summed E-state index contributed by atoms with van der Waals surface area (Å²) >= 11 is 0. The quantitative estimate of drug-likeness (QED) is 0.460. The lowest BCUT2D eigenvalue weighted by molar-refractivity contribution is -0.266. The van der Waals surface area contributed by atoms with E-state index in [1.165, 1.54) is 31.4 Å². The predicted molar refractivity (Wildman–Crippen MR) is 127 cm³/mol. The minimum Gasteiger partial charge on any atom is -0.353 e. The van der Waals surface area contributed by atoms with Crippen LogP contribution in [0.2, 0.25) is 0 Å². The summed E-state index contributed by atoms with van der Waals surface area (Å²) in [5.41, 5.74) is 1.79. The third-order valence-corrected chi connectivity index (χ3v) is 8.53. The highest BCUT2D eigenvalue weighted by Crippen LogP contribution is 2.40. The number of aryl methyl sites for hydroxylation is 2. The van der Waals surface area contributed by atoms with E-state index in [1.54, 1.807) is 38.1 Å².